The van der Waals surface area contributed by atoms with Gasteiger partial charge in [-0.25, -0.2) is 4.79 Å². The number of carbonyl (C=O) groups excluding carboxylic acids is 8. The molecule has 8 aliphatic heterocycles. The lowest BCUT2D eigenvalue weighted by Gasteiger charge is -2.41. The number of nitrogens with zero attached hydrogens (tertiary/aromatic N) is 1. The largest absolute Gasteiger partial charge is 0.508 e. The summed E-state index contributed by atoms with van der Waals surface area (Å²) in [7, 11) is 1.43. The molecule has 0 radical (unpaired) electrons. The third-order valence-corrected chi connectivity index (χ3v) is 24.5. The summed E-state index contributed by atoms with van der Waals surface area (Å²) in [5, 5.41) is 162. The fourth-order valence-electron chi connectivity index (χ4n) is 16.7. The Morgan fingerprint density at radius 1 is 0.541 bits per heavy atom. The molecule has 0 aliphatic carbocycles. The average molecular weight is 1890 g/mol. The number of phenolic OH excluding ortho intramolecular Hbond substituents is 4. The average Bonchev–Trinajstić information content (AvgIpc) is 0.751. The van der Waals surface area contributed by atoms with Crippen LogP contribution in [-0.4, -0.2) is 246 Å². The molecule has 0 aromatic heterocycles. The number of unbranched alkanes of at least 4 members (excludes halogenated alkanes) is 7. The number of nitrogens with one attached hydrogen (secondary N) is 9. The highest BCUT2D eigenvalue weighted by Crippen LogP contribution is 2.51. The van der Waals surface area contributed by atoms with E-state index in [9.17, 15) is 75.7 Å². The van der Waals surface area contributed by atoms with Gasteiger partial charge < -0.3 is 159 Å². The minimum Gasteiger partial charge on any atom is -0.508 e. The summed E-state index contributed by atoms with van der Waals surface area (Å²) in [6, 6.07) is 5.56. The molecule has 25 N–H and O–H groups in total. The van der Waals surface area contributed by atoms with Crippen molar-refractivity contribution in [3.8, 4) is 80.1 Å². The summed E-state index contributed by atoms with van der Waals surface area (Å²) < 4.78 is 44.6. The molecule has 0 spiro atoms. The maximum absolute atomic E-state index is 16.9. The lowest BCUT2D eigenvalue weighted by Crippen LogP contribution is -2.66. The van der Waals surface area contributed by atoms with E-state index in [1.54, 1.807) is 0 Å². The van der Waals surface area contributed by atoms with Gasteiger partial charge in [0, 0.05) is 48.2 Å². The molecule has 17 bridgehead atoms. The number of phenols is 4. The standard InChI is InChI=1S/C91H108Cl2N12O28/c1-3-4-5-6-7-8-9-10-14-64(111)99-73-76(114)78(116)81(89(125)126)133-90(73)132-80-61-35-46-36-62(80)129-58-24-19-45(33-53(58)92)74(112)72-88(124)103-70(83(119)97-27-13-30-105(28-11-25-94)29-12-26-95)51-37-47(107)38-60(130-91-79(117)77(115)75(113)63(41-106)131-91)65(51)50-32-43(17-22-55(50)108)68(85(121)104-72)100-86(122)69(46)101-87(123)71-52-39-49(40-57(110)66(52)93)128-59-34-44(18-23-56(59)109)67(96-2)84(120)98-54(82(118)102-71)31-42-15-20-48(127-61)21-16-42/h15-24,32-40,54,63,67-79,81,90-91,96,106-110,112-117H,3-14,25-31,41,94-95H2,1-2H3,(H,97,119)(H,98,120)(H,99,111)(H,100,122)(H,101,123)(H,102,118)(H,103,124)(H,104,121)(H,125,126)/t54-,63-,67+,68-,69-,70-,71+,72+,73-,74-,75-,76-,77+,78+,79+,81+,90-,91+/m1/s1. The molecule has 2 fully saturated rings. The van der Waals surface area contributed by atoms with E-state index in [2.05, 4.69) is 59.7 Å². The van der Waals surface area contributed by atoms with Crippen molar-refractivity contribution in [1.29, 1.82) is 0 Å². The Labute approximate surface area is 771 Å². The molecule has 0 saturated carbocycles. The Kier molecular flexibility index (Phi) is 32.8. The fourth-order valence-corrected chi connectivity index (χ4v) is 17.1. The molecule has 7 aromatic carbocycles. The number of benzene rings is 7. The Bertz CT molecular complexity index is 5420. The third kappa shape index (κ3) is 22.9. The Hall–Kier alpha value is -12.0. The molecule has 0 unspecified atom stereocenters. The predicted octanol–water partition coefficient (Wildman–Crippen LogP) is 3.36. The van der Waals surface area contributed by atoms with Crippen molar-refractivity contribution in [2.75, 3.05) is 52.9 Å². The van der Waals surface area contributed by atoms with Crippen LogP contribution in [0.15, 0.2) is 115 Å². The number of carboxylic acids is 1. The molecule has 18 atom stereocenters. The van der Waals surface area contributed by atoms with Crippen molar-refractivity contribution in [1.82, 2.24) is 52.8 Å². The summed E-state index contributed by atoms with van der Waals surface area (Å²) in [6.07, 6.45) is -13.7. The molecule has 15 rings (SSSR count). The Balaban J connectivity index is 1.04. The van der Waals surface area contributed by atoms with Crippen LogP contribution in [0.3, 0.4) is 0 Å². The third-order valence-electron chi connectivity index (χ3n) is 23.8. The molecular formula is C91H108Cl2N12O28. The lowest BCUT2D eigenvalue weighted by molar-refractivity contribution is -0.277. The van der Waals surface area contributed by atoms with Gasteiger partial charge >= 0.3 is 5.97 Å². The number of aromatic hydroxyl groups is 4. The zero-order valence-corrected chi connectivity index (χ0v) is 73.8. The summed E-state index contributed by atoms with van der Waals surface area (Å²) in [5.41, 5.74) is 9.01. The van der Waals surface area contributed by atoms with E-state index in [1.807, 2.05) is 0 Å². The number of ether oxygens (including phenoxy) is 7. The van der Waals surface area contributed by atoms with Gasteiger partial charge in [-0.2, -0.15) is 0 Å². The smallest absolute Gasteiger partial charge is 0.335 e. The van der Waals surface area contributed by atoms with E-state index in [-0.39, 0.29) is 47.8 Å². The molecular weight excluding hydrogens is 1780 g/mol. The van der Waals surface area contributed by atoms with Crippen molar-refractivity contribution >= 4 is 76.4 Å². The number of halogens is 2. The molecule has 8 aliphatic rings. The van der Waals surface area contributed by atoms with E-state index in [0.29, 0.717) is 64.0 Å². The molecule has 714 valence electrons. The van der Waals surface area contributed by atoms with Gasteiger partial charge in [-0.05, 0) is 172 Å². The van der Waals surface area contributed by atoms with Gasteiger partial charge in [0.05, 0.1) is 16.7 Å². The Morgan fingerprint density at radius 3 is 1.86 bits per heavy atom. The van der Waals surface area contributed by atoms with Gasteiger partial charge in [0.1, 0.15) is 131 Å². The first-order valence-electron chi connectivity index (χ1n) is 43.7. The predicted molar refractivity (Wildman–Crippen MR) is 473 cm³/mol. The van der Waals surface area contributed by atoms with Gasteiger partial charge in [0.15, 0.2) is 29.1 Å². The van der Waals surface area contributed by atoms with E-state index >= 15 is 28.8 Å². The van der Waals surface area contributed by atoms with Crippen LogP contribution >= 0.6 is 23.2 Å². The molecule has 40 nitrogen and oxygen atoms in total. The maximum atomic E-state index is 16.9. The number of hydrogen-bond donors (Lipinski definition) is 23. The van der Waals surface area contributed by atoms with Crippen LogP contribution in [0.4, 0.5) is 0 Å². The van der Waals surface area contributed by atoms with Gasteiger partial charge in [-0.3, -0.25) is 38.4 Å². The zero-order chi connectivity index (χ0) is 95.3. The number of likely N-dealkylation sites (N-methyl/N-ethyl adjacent to an activating group) is 1. The second-order valence-electron chi connectivity index (χ2n) is 33.2. The van der Waals surface area contributed by atoms with Crippen molar-refractivity contribution in [3.05, 3.63) is 164 Å². The van der Waals surface area contributed by atoms with Crippen molar-refractivity contribution in [3.63, 3.8) is 0 Å². The monoisotopic (exact) mass is 1890 g/mol. The Morgan fingerprint density at radius 2 is 1.17 bits per heavy atom. The number of nitrogens with two attached hydrogens (primary N) is 2. The fraction of sp³-hybridized carbons (Fsp3) is 0.440. The molecule has 8 heterocycles. The second kappa shape index (κ2) is 44.3. The number of fused-ring (bicyclic) bond motifs is 14. The zero-order valence-electron chi connectivity index (χ0n) is 72.3. The van der Waals surface area contributed by atoms with Gasteiger partial charge in [0.25, 0.3) is 0 Å². The summed E-state index contributed by atoms with van der Waals surface area (Å²) in [4.78, 5) is 141. The van der Waals surface area contributed by atoms with Crippen LogP contribution in [0.5, 0.6) is 69.0 Å². The quantitative estimate of drug-likeness (QED) is 0.0313. The number of carboxylic acid groups (broad SMARTS) is 1. The van der Waals surface area contributed by atoms with Gasteiger partial charge in [-0.15, -0.1) is 0 Å². The highest BCUT2D eigenvalue weighted by atomic mass is 35.5. The minimum absolute atomic E-state index is 0.132. The number of hydrogen-bond acceptors (Lipinski definition) is 31. The molecule has 2 saturated heterocycles. The first kappa shape index (κ1) is 98.5. The summed E-state index contributed by atoms with van der Waals surface area (Å²) >= 11 is 14.4. The molecule has 7 aromatic rings. The first-order chi connectivity index (χ1) is 63.8. The topological polar surface area (TPSA) is 625 Å². The highest BCUT2D eigenvalue weighted by molar-refractivity contribution is 6.33. The van der Waals surface area contributed by atoms with Crippen LogP contribution in [0, 0.1) is 0 Å². The summed E-state index contributed by atoms with van der Waals surface area (Å²) in [5.74, 6) is -18.1. The van der Waals surface area contributed by atoms with Crippen LogP contribution in [0.2, 0.25) is 10.0 Å². The van der Waals surface area contributed by atoms with Crippen LogP contribution in [0.1, 0.15) is 159 Å². The van der Waals surface area contributed by atoms with E-state index in [1.165, 1.54) is 49.5 Å². The molecule has 133 heavy (non-hydrogen) atoms. The van der Waals surface area contributed by atoms with Crippen LogP contribution in [0.25, 0.3) is 11.1 Å². The summed E-state index contributed by atoms with van der Waals surface area (Å²) in [6.45, 7) is 3.20. The minimum atomic E-state index is -2.46. The lowest BCUT2D eigenvalue weighted by atomic mass is 9.89. The number of aliphatic hydroxyl groups is 7. The van der Waals surface area contributed by atoms with Crippen molar-refractivity contribution in [2.45, 2.75) is 200 Å². The van der Waals surface area contributed by atoms with Crippen molar-refractivity contribution in [2.24, 2.45) is 11.5 Å². The highest BCUT2D eigenvalue weighted by Gasteiger charge is 2.52. The number of carbonyl (C=O) groups is 9. The first-order valence-corrected chi connectivity index (χ1v) is 44.5. The molecule has 8 amide bonds. The van der Waals surface area contributed by atoms with Gasteiger partial charge in [-0.1, -0.05) is 105 Å². The second-order valence-corrected chi connectivity index (χ2v) is 34.0. The molecule has 42 heteroatoms. The maximum Gasteiger partial charge on any atom is 0.335 e. The van der Waals surface area contributed by atoms with Gasteiger partial charge in [0.2, 0.25) is 65.6 Å². The number of rotatable bonds is 28. The SMILES string of the molecule is CCCCCCCCCCC(=O)N[C@H]1[C@H](Oc2c3cc4cc2Oc2ccc(cc2Cl)[C@@H](O)[C@@H]2NC(=O)[C@H](NC(=O)[C@@H]4NC(=O)[C@H]4NC(=O)[C@@H](Cc5ccc(cc5)O3)NC(=O)[C@@H](NC)c3ccc(O)c(c3)Oc3cc(O)c(Cl)c4c3)c3ccc(O)c(c3)-c3c(O[C@H]4O[C@H](CO)[C@@H](O)[C@H](O)[C@@H]4O)cc(O)cc3[C@H](C(=O)NCCCN(CCCN)CCCN)NC2=O)O[C@H](C(=O)O)[C@@H](O)[C@@H]1O. The normalized spacial score (nSPS) is 25.3. The number of aliphatic hydroxyl groups excluding tert-OH is 7. The van der Waals surface area contributed by atoms with Crippen LogP contribution < -0.4 is 83.0 Å². The van der Waals surface area contributed by atoms with Crippen LogP contribution in [-0.2, 0) is 59.0 Å². The number of aliphatic carboxylic acids is 1. The van der Waals surface area contributed by atoms with E-state index < -0.39 is 271 Å². The van der Waals surface area contributed by atoms with E-state index in [4.69, 9.17) is 67.8 Å². The van der Waals surface area contributed by atoms with Crippen molar-refractivity contribution < 1.29 is 138 Å². The number of amides is 8. The van der Waals surface area contributed by atoms with E-state index in [0.717, 1.165) is 111 Å².